The first kappa shape index (κ1) is 18.1. The fourth-order valence-corrected chi connectivity index (χ4v) is 3.18. The molecule has 3 nitrogen and oxygen atoms in total. The summed E-state index contributed by atoms with van der Waals surface area (Å²) in [5.41, 5.74) is 1.08. The molecule has 0 spiro atoms. The Bertz CT molecular complexity index is 714. The lowest BCUT2D eigenvalue weighted by Crippen LogP contribution is -2.15. The highest BCUT2D eigenvalue weighted by Gasteiger charge is 2.09. The predicted octanol–water partition coefficient (Wildman–Crippen LogP) is 5.12. The summed E-state index contributed by atoms with van der Waals surface area (Å²) in [4.78, 5) is 12.0. The van der Waals surface area contributed by atoms with Crippen molar-refractivity contribution in [3.05, 3.63) is 57.3 Å². The summed E-state index contributed by atoms with van der Waals surface area (Å²) in [7, 11) is 1.52. The number of carbonyl (C=O) groups is 1. The highest BCUT2D eigenvalue weighted by atomic mass is 79.9. The van der Waals surface area contributed by atoms with Gasteiger partial charge in [-0.25, -0.2) is 4.39 Å². The Kier molecular flexibility index (Phi) is 6.74. The third-order valence-electron chi connectivity index (χ3n) is 2.94. The summed E-state index contributed by atoms with van der Waals surface area (Å²) in [5.74, 6) is 0.660. The number of hydrogen-bond acceptors (Lipinski definition) is 3. The van der Waals surface area contributed by atoms with E-state index in [9.17, 15) is 9.18 Å². The van der Waals surface area contributed by atoms with Gasteiger partial charge in [0.15, 0.2) is 0 Å². The maximum Gasteiger partial charge on any atom is 0.234 e. The average molecular weight is 419 g/mol. The van der Waals surface area contributed by atoms with Crippen LogP contribution in [0.5, 0.6) is 5.75 Å². The van der Waals surface area contributed by atoms with Crippen molar-refractivity contribution in [2.75, 3.05) is 18.2 Å². The molecule has 23 heavy (non-hydrogen) atoms. The molecule has 0 saturated carbocycles. The fourth-order valence-electron chi connectivity index (χ4n) is 1.86. The van der Waals surface area contributed by atoms with Crippen molar-refractivity contribution in [3.8, 4) is 5.75 Å². The van der Waals surface area contributed by atoms with Crippen molar-refractivity contribution in [2.24, 2.45) is 0 Å². The van der Waals surface area contributed by atoms with E-state index in [-0.39, 0.29) is 17.5 Å². The van der Waals surface area contributed by atoms with Crippen LogP contribution in [0.25, 0.3) is 0 Å². The fraction of sp³-hybridized carbons (Fsp3) is 0.188. The minimum absolute atomic E-state index is 0.200. The molecule has 0 bridgehead atoms. The van der Waals surface area contributed by atoms with E-state index in [0.29, 0.717) is 32.2 Å². The molecule has 0 unspecified atom stereocenters. The Balaban J connectivity index is 1.89. The molecule has 1 N–H and O–H groups in total. The van der Waals surface area contributed by atoms with E-state index in [2.05, 4.69) is 21.2 Å². The molecular weight excluding hydrogens is 405 g/mol. The van der Waals surface area contributed by atoms with Crippen molar-refractivity contribution in [2.45, 2.75) is 5.75 Å². The van der Waals surface area contributed by atoms with E-state index in [4.69, 9.17) is 16.3 Å². The topological polar surface area (TPSA) is 38.3 Å². The zero-order chi connectivity index (χ0) is 16.8. The lowest BCUT2D eigenvalue weighted by Gasteiger charge is -2.10. The van der Waals surface area contributed by atoms with E-state index in [1.165, 1.54) is 24.9 Å². The summed E-state index contributed by atoms with van der Waals surface area (Å²) in [6, 6.07) is 9.87. The van der Waals surface area contributed by atoms with Gasteiger partial charge in [0, 0.05) is 15.2 Å². The molecule has 2 rings (SSSR count). The van der Waals surface area contributed by atoms with E-state index >= 15 is 0 Å². The maximum atomic E-state index is 13.7. The molecule has 2 aromatic rings. The first-order chi connectivity index (χ1) is 11.0. The number of ether oxygens (including phenoxy) is 1. The largest absolute Gasteiger partial charge is 0.495 e. The minimum atomic E-state index is -0.288. The Hall–Kier alpha value is -1.24. The van der Waals surface area contributed by atoms with Crippen LogP contribution in [0.15, 0.2) is 40.9 Å². The van der Waals surface area contributed by atoms with Crippen LogP contribution in [0.4, 0.5) is 10.1 Å². The Morgan fingerprint density at radius 1 is 1.35 bits per heavy atom. The number of hydrogen-bond donors (Lipinski definition) is 1. The summed E-state index contributed by atoms with van der Waals surface area (Å²) < 4.78 is 19.5. The predicted molar refractivity (Wildman–Crippen MR) is 96.9 cm³/mol. The van der Waals surface area contributed by atoms with Crippen LogP contribution in [0, 0.1) is 5.82 Å². The molecule has 0 aromatic heterocycles. The second kappa shape index (κ2) is 8.57. The second-order valence-corrected chi connectivity index (χ2v) is 6.96. The van der Waals surface area contributed by atoms with E-state index in [0.717, 1.165) is 0 Å². The van der Waals surface area contributed by atoms with Gasteiger partial charge in [0.1, 0.15) is 11.6 Å². The van der Waals surface area contributed by atoms with Gasteiger partial charge < -0.3 is 10.1 Å². The Morgan fingerprint density at radius 3 is 2.83 bits per heavy atom. The number of methoxy groups -OCH3 is 1. The third kappa shape index (κ3) is 5.41. The summed E-state index contributed by atoms with van der Waals surface area (Å²) >= 11 is 10.5. The molecule has 7 heteroatoms. The summed E-state index contributed by atoms with van der Waals surface area (Å²) in [6.07, 6.45) is 0. The maximum absolute atomic E-state index is 13.7. The van der Waals surface area contributed by atoms with Crippen LogP contribution in [0.3, 0.4) is 0 Å². The zero-order valence-electron chi connectivity index (χ0n) is 12.2. The van der Waals surface area contributed by atoms with Crippen molar-refractivity contribution in [1.82, 2.24) is 0 Å². The van der Waals surface area contributed by atoms with Gasteiger partial charge >= 0.3 is 0 Å². The van der Waals surface area contributed by atoms with Crippen LogP contribution >= 0.6 is 39.3 Å². The van der Waals surface area contributed by atoms with Gasteiger partial charge in [-0.1, -0.05) is 33.6 Å². The number of thioether (sulfide) groups is 1. The van der Waals surface area contributed by atoms with E-state index < -0.39 is 0 Å². The molecular formula is C16H14BrClFNO2S. The first-order valence-corrected chi connectivity index (χ1v) is 8.97. The van der Waals surface area contributed by atoms with Gasteiger partial charge in [0.05, 0.1) is 18.6 Å². The molecule has 0 aliphatic heterocycles. The second-order valence-electron chi connectivity index (χ2n) is 4.62. The first-order valence-electron chi connectivity index (χ1n) is 6.64. The molecule has 0 heterocycles. The molecule has 122 valence electrons. The zero-order valence-corrected chi connectivity index (χ0v) is 15.4. The Labute approximate surface area is 151 Å². The number of anilines is 1. The van der Waals surface area contributed by atoms with E-state index in [1.807, 2.05) is 0 Å². The SMILES string of the molecule is COc1ccc(Cl)cc1NC(=O)CSCc1ccc(Br)cc1F. The molecule has 0 fully saturated rings. The van der Waals surface area contributed by atoms with E-state index in [1.54, 1.807) is 30.3 Å². The van der Waals surface area contributed by atoms with Crippen LogP contribution < -0.4 is 10.1 Å². The molecule has 0 atom stereocenters. The van der Waals surface area contributed by atoms with Gasteiger partial charge in [0.2, 0.25) is 5.91 Å². The average Bonchev–Trinajstić information content (AvgIpc) is 2.50. The van der Waals surface area contributed by atoms with Crippen molar-refractivity contribution < 1.29 is 13.9 Å². The summed E-state index contributed by atoms with van der Waals surface area (Å²) in [5, 5.41) is 3.25. The molecule has 1 amide bonds. The number of rotatable bonds is 6. The standard InChI is InChI=1S/C16H14BrClFNO2S/c1-22-15-5-4-12(18)7-14(15)20-16(21)9-23-8-10-2-3-11(17)6-13(10)19/h2-7H,8-9H2,1H3,(H,20,21). The number of benzene rings is 2. The number of carbonyl (C=O) groups excluding carboxylic acids is 1. The molecule has 2 aromatic carbocycles. The van der Waals surface area contributed by atoms with Gasteiger partial charge in [0.25, 0.3) is 0 Å². The van der Waals surface area contributed by atoms with Gasteiger partial charge in [-0.05, 0) is 35.9 Å². The van der Waals surface area contributed by atoms with Gasteiger partial charge in [-0.3, -0.25) is 4.79 Å². The number of amides is 1. The Morgan fingerprint density at radius 2 is 2.13 bits per heavy atom. The van der Waals surface area contributed by atoms with Crippen molar-refractivity contribution in [1.29, 1.82) is 0 Å². The number of nitrogens with one attached hydrogen (secondary N) is 1. The quantitative estimate of drug-likeness (QED) is 0.707. The van der Waals surface area contributed by atoms with Crippen LogP contribution in [-0.2, 0) is 10.5 Å². The van der Waals surface area contributed by atoms with Crippen LogP contribution in [-0.4, -0.2) is 18.8 Å². The highest BCUT2D eigenvalue weighted by molar-refractivity contribution is 9.10. The molecule has 0 aliphatic rings. The van der Waals surface area contributed by atoms with Crippen LogP contribution in [0.2, 0.25) is 5.02 Å². The molecule has 0 radical (unpaired) electrons. The number of halogens is 3. The van der Waals surface area contributed by atoms with Crippen LogP contribution in [0.1, 0.15) is 5.56 Å². The lowest BCUT2D eigenvalue weighted by molar-refractivity contribution is -0.113. The van der Waals surface area contributed by atoms with Gasteiger partial charge in [-0.15, -0.1) is 11.8 Å². The van der Waals surface area contributed by atoms with Crippen molar-refractivity contribution >= 4 is 50.9 Å². The highest BCUT2D eigenvalue weighted by Crippen LogP contribution is 2.28. The van der Waals surface area contributed by atoms with Crippen molar-refractivity contribution in [3.63, 3.8) is 0 Å². The lowest BCUT2D eigenvalue weighted by atomic mass is 10.2. The molecule has 0 aliphatic carbocycles. The molecule has 0 saturated heterocycles. The van der Waals surface area contributed by atoms with Gasteiger partial charge in [-0.2, -0.15) is 0 Å². The monoisotopic (exact) mass is 417 g/mol. The normalized spacial score (nSPS) is 10.4. The third-order valence-corrected chi connectivity index (χ3v) is 4.65. The summed E-state index contributed by atoms with van der Waals surface area (Å²) in [6.45, 7) is 0. The minimum Gasteiger partial charge on any atom is -0.495 e. The smallest absolute Gasteiger partial charge is 0.234 e.